The number of hydrogen-bond acceptors (Lipinski definition) is 5. The third kappa shape index (κ3) is 3.05. The molecule has 0 aliphatic rings. The first-order valence-electron chi connectivity index (χ1n) is 7.41. The Bertz CT molecular complexity index is 853. The van der Waals surface area contributed by atoms with Crippen LogP contribution >= 0.6 is 11.3 Å². The van der Waals surface area contributed by atoms with Gasteiger partial charge in [-0.25, -0.2) is 9.50 Å². The Morgan fingerprint density at radius 3 is 2.91 bits per heavy atom. The minimum Gasteiger partial charge on any atom is -0.493 e. The van der Waals surface area contributed by atoms with Crippen molar-refractivity contribution in [2.75, 3.05) is 6.61 Å². The summed E-state index contributed by atoms with van der Waals surface area (Å²) in [4.78, 5) is 17.8. The first kappa shape index (κ1) is 15.5. The Balaban J connectivity index is 1.79. The van der Waals surface area contributed by atoms with E-state index in [2.05, 4.69) is 15.4 Å². The summed E-state index contributed by atoms with van der Waals surface area (Å²) in [6.45, 7) is 6.65. The number of carbonyl (C=O) groups excluding carboxylic acids is 1. The number of para-hydroxylation sites is 1. The lowest BCUT2D eigenvalue weighted by Crippen LogP contribution is -2.24. The molecule has 3 aromatic rings. The third-order valence-electron chi connectivity index (χ3n) is 3.45. The fraction of sp³-hybridized carbons (Fsp3) is 0.312. The van der Waals surface area contributed by atoms with Gasteiger partial charge in [0, 0.05) is 0 Å². The molecule has 0 bridgehead atoms. The summed E-state index contributed by atoms with van der Waals surface area (Å²) in [5, 5.41) is 8.30. The SMILES string of the molecule is CCOc1ccccc1C(=O)NCc1c(C)nc2sc(C)nn12. The van der Waals surface area contributed by atoms with Crippen molar-refractivity contribution in [2.45, 2.75) is 27.3 Å². The smallest absolute Gasteiger partial charge is 0.255 e. The lowest BCUT2D eigenvalue weighted by molar-refractivity contribution is 0.0946. The standard InChI is InChI=1S/C16H18N4O2S/c1-4-22-14-8-6-5-7-12(14)15(21)17-9-13-10(2)18-16-20(13)19-11(3)23-16/h5-8H,4,9H2,1-3H3,(H,17,21). The molecule has 0 radical (unpaired) electrons. The first-order valence-corrected chi connectivity index (χ1v) is 8.23. The number of aryl methyl sites for hydroxylation is 2. The quantitative estimate of drug-likeness (QED) is 0.781. The van der Waals surface area contributed by atoms with Gasteiger partial charge in [0.05, 0.1) is 30.1 Å². The molecule has 0 atom stereocenters. The number of benzene rings is 1. The summed E-state index contributed by atoms with van der Waals surface area (Å²) in [6.07, 6.45) is 0. The number of fused-ring (bicyclic) bond motifs is 1. The van der Waals surface area contributed by atoms with E-state index in [1.165, 1.54) is 11.3 Å². The zero-order valence-electron chi connectivity index (χ0n) is 13.3. The molecule has 3 rings (SSSR count). The third-order valence-corrected chi connectivity index (χ3v) is 4.27. The lowest BCUT2D eigenvalue weighted by atomic mass is 10.2. The highest BCUT2D eigenvalue weighted by molar-refractivity contribution is 7.16. The van der Waals surface area contributed by atoms with Gasteiger partial charge in [0.15, 0.2) is 0 Å². The number of amides is 1. The maximum Gasteiger partial charge on any atom is 0.255 e. The van der Waals surface area contributed by atoms with Crippen LogP contribution in [0, 0.1) is 13.8 Å². The topological polar surface area (TPSA) is 68.5 Å². The summed E-state index contributed by atoms with van der Waals surface area (Å²) in [7, 11) is 0. The van der Waals surface area contributed by atoms with Crippen LogP contribution in [-0.4, -0.2) is 27.1 Å². The van der Waals surface area contributed by atoms with E-state index in [-0.39, 0.29) is 5.91 Å². The Labute approximate surface area is 138 Å². The average Bonchev–Trinajstić information content (AvgIpc) is 3.01. The monoisotopic (exact) mass is 330 g/mol. The van der Waals surface area contributed by atoms with E-state index >= 15 is 0 Å². The highest BCUT2D eigenvalue weighted by Gasteiger charge is 2.16. The predicted molar refractivity (Wildman–Crippen MR) is 89.1 cm³/mol. The molecule has 1 aromatic carbocycles. The van der Waals surface area contributed by atoms with E-state index in [0.29, 0.717) is 24.5 Å². The number of nitrogens with one attached hydrogen (secondary N) is 1. The van der Waals surface area contributed by atoms with E-state index in [1.807, 2.05) is 32.9 Å². The zero-order valence-corrected chi connectivity index (χ0v) is 14.1. The van der Waals surface area contributed by atoms with Gasteiger partial charge in [-0.05, 0) is 32.9 Å². The molecule has 2 aromatic heterocycles. The van der Waals surface area contributed by atoms with Gasteiger partial charge >= 0.3 is 0 Å². The van der Waals surface area contributed by atoms with Crippen LogP contribution in [0.2, 0.25) is 0 Å². The van der Waals surface area contributed by atoms with Gasteiger partial charge in [0.1, 0.15) is 10.8 Å². The van der Waals surface area contributed by atoms with Crippen molar-refractivity contribution in [3.8, 4) is 5.75 Å². The van der Waals surface area contributed by atoms with Crippen LogP contribution in [0.1, 0.15) is 33.7 Å². The van der Waals surface area contributed by atoms with Gasteiger partial charge in [0.25, 0.3) is 5.91 Å². The summed E-state index contributed by atoms with van der Waals surface area (Å²) < 4.78 is 7.30. The van der Waals surface area contributed by atoms with E-state index in [0.717, 1.165) is 21.4 Å². The largest absolute Gasteiger partial charge is 0.493 e. The van der Waals surface area contributed by atoms with Gasteiger partial charge < -0.3 is 10.1 Å². The maximum atomic E-state index is 12.4. The number of ether oxygens (including phenoxy) is 1. The molecule has 0 aliphatic heterocycles. The van der Waals surface area contributed by atoms with Crippen molar-refractivity contribution in [3.05, 3.63) is 46.2 Å². The zero-order chi connectivity index (χ0) is 16.4. The maximum absolute atomic E-state index is 12.4. The van der Waals surface area contributed by atoms with Crippen LogP contribution in [0.3, 0.4) is 0 Å². The van der Waals surface area contributed by atoms with E-state index in [9.17, 15) is 4.79 Å². The van der Waals surface area contributed by atoms with Crippen LogP contribution in [0.15, 0.2) is 24.3 Å². The lowest BCUT2D eigenvalue weighted by Gasteiger charge is -2.10. The molecule has 0 saturated heterocycles. The van der Waals surface area contributed by atoms with E-state index < -0.39 is 0 Å². The van der Waals surface area contributed by atoms with Crippen molar-refractivity contribution < 1.29 is 9.53 Å². The molecule has 0 spiro atoms. The molecule has 1 amide bonds. The second kappa shape index (κ2) is 6.37. The van der Waals surface area contributed by atoms with Gasteiger partial charge in [0.2, 0.25) is 4.96 Å². The normalized spacial score (nSPS) is 10.9. The van der Waals surface area contributed by atoms with Crippen molar-refractivity contribution in [1.29, 1.82) is 0 Å². The van der Waals surface area contributed by atoms with Gasteiger partial charge in [-0.3, -0.25) is 4.79 Å². The van der Waals surface area contributed by atoms with Crippen LogP contribution in [-0.2, 0) is 6.54 Å². The Morgan fingerprint density at radius 1 is 1.35 bits per heavy atom. The second-order valence-corrected chi connectivity index (χ2v) is 6.23. The summed E-state index contributed by atoms with van der Waals surface area (Å²) >= 11 is 1.53. The molecular weight excluding hydrogens is 312 g/mol. The minimum atomic E-state index is -0.171. The van der Waals surface area contributed by atoms with Crippen molar-refractivity contribution in [2.24, 2.45) is 0 Å². The predicted octanol–water partition coefficient (Wildman–Crippen LogP) is 2.74. The molecule has 1 N–H and O–H groups in total. The highest BCUT2D eigenvalue weighted by Crippen LogP contribution is 2.20. The number of nitrogens with zero attached hydrogens (tertiary/aromatic N) is 3. The summed E-state index contributed by atoms with van der Waals surface area (Å²) in [5.74, 6) is 0.419. The van der Waals surface area contributed by atoms with E-state index in [1.54, 1.807) is 16.6 Å². The van der Waals surface area contributed by atoms with Crippen LogP contribution in [0.5, 0.6) is 5.75 Å². The highest BCUT2D eigenvalue weighted by atomic mass is 32.1. The molecule has 7 heteroatoms. The van der Waals surface area contributed by atoms with Gasteiger partial charge in [-0.1, -0.05) is 23.5 Å². The van der Waals surface area contributed by atoms with Crippen LogP contribution in [0.25, 0.3) is 4.96 Å². The van der Waals surface area contributed by atoms with E-state index in [4.69, 9.17) is 4.74 Å². The molecule has 0 aliphatic carbocycles. The van der Waals surface area contributed by atoms with Crippen molar-refractivity contribution in [1.82, 2.24) is 19.9 Å². The number of imidazole rings is 1. The number of carbonyl (C=O) groups is 1. The number of hydrogen-bond donors (Lipinski definition) is 1. The molecule has 23 heavy (non-hydrogen) atoms. The Morgan fingerprint density at radius 2 is 2.13 bits per heavy atom. The second-order valence-electron chi connectivity index (χ2n) is 5.07. The Hall–Kier alpha value is -2.41. The number of rotatable bonds is 5. The molecule has 0 fully saturated rings. The van der Waals surface area contributed by atoms with Gasteiger partial charge in [-0.2, -0.15) is 5.10 Å². The van der Waals surface area contributed by atoms with Gasteiger partial charge in [-0.15, -0.1) is 0 Å². The average molecular weight is 330 g/mol. The summed E-state index contributed by atoms with van der Waals surface area (Å²) in [5.41, 5.74) is 2.30. The molecular formula is C16H18N4O2S. The van der Waals surface area contributed by atoms with Crippen LogP contribution < -0.4 is 10.1 Å². The van der Waals surface area contributed by atoms with Crippen molar-refractivity contribution >= 4 is 22.2 Å². The fourth-order valence-corrected chi connectivity index (χ4v) is 3.19. The molecule has 120 valence electrons. The molecule has 6 nitrogen and oxygen atoms in total. The Kier molecular flexibility index (Phi) is 4.29. The minimum absolute atomic E-state index is 0.171. The summed E-state index contributed by atoms with van der Waals surface area (Å²) in [6, 6.07) is 7.23. The number of aromatic nitrogens is 3. The fourth-order valence-electron chi connectivity index (χ4n) is 2.38. The molecule has 0 saturated carbocycles. The molecule has 0 unspecified atom stereocenters. The van der Waals surface area contributed by atoms with Crippen molar-refractivity contribution in [3.63, 3.8) is 0 Å². The van der Waals surface area contributed by atoms with Crippen LogP contribution in [0.4, 0.5) is 0 Å². The molecule has 2 heterocycles. The first-order chi connectivity index (χ1) is 11.1.